The van der Waals surface area contributed by atoms with Gasteiger partial charge in [-0.25, -0.2) is 4.79 Å². The summed E-state index contributed by atoms with van der Waals surface area (Å²) in [5.74, 6) is 1.18. The lowest BCUT2D eigenvalue weighted by Gasteiger charge is -2.14. The summed E-state index contributed by atoms with van der Waals surface area (Å²) in [5, 5.41) is 13.2. The van der Waals surface area contributed by atoms with Crippen molar-refractivity contribution < 1.29 is 19.1 Å². The molecule has 2 aromatic heterocycles. The van der Waals surface area contributed by atoms with Gasteiger partial charge in [0.15, 0.2) is 5.16 Å². The number of amides is 1. The molecule has 1 aliphatic heterocycles. The SMILES string of the molecule is COC(=O)c1c(NC(=O)CSc2nnc(C3CC3)n2CC2CCCO2)sc2c1CCCCCC2. The Morgan fingerprint density at radius 1 is 1.15 bits per heavy atom. The molecular formula is C24H32N4O4S2. The van der Waals surface area contributed by atoms with Crippen molar-refractivity contribution in [1.82, 2.24) is 14.8 Å². The minimum Gasteiger partial charge on any atom is -0.465 e. The van der Waals surface area contributed by atoms with Crippen molar-refractivity contribution in [3.05, 3.63) is 21.8 Å². The number of rotatable bonds is 8. The van der Waals surface area contributed by atoms with Crippen LogP contribution in [-0.2, 0) is 33.7 Å². The number of aromatic nitrogens is 3. The van der Waals surface area contributed by atoms with Crippen LogP contribution >= 0.6 is 23.1 Å². The first kappa shape index (κ1) is 23.8. The molecule has 3 heterocycles. The fourth-order valence-electron chi connectivity index (χ4n) is 4.83. The Morgan fingerprint density at radius 2 is 1.97 bits per heavy atom. The molecule has 184 valence electrons. The van der Waals surface area contributed by atoms with Crippen molar-refractivity contribution in [2.45, 2.75) is 87.9 Å². The number of hydrogen-bond donors (Lipinski definition) is 1. The van der Waals surface area contributed by atoms with Gasteiger partial charge in [0.05, 0.1) is 31.1 Å². The van der Waals surface area contributed by atoms with Gasteiger partial charge in [-0.2, -0.15) is 0 Å². The summed E-state index contributed by atoms with van der Waals surface area (Å²) in [5.41, 5.74) is 1.60. The fourth-order valence-corrected chi connectivity index (χ4v) is 6.88. The van der Waals surface area contributed by atoms with E-state index in [9.17, 15) is 9.59 Å². The molecule has 2 fully saturated rings. The smallest absolute Gasteiger partial charge is 0.341 e. The number of carbonyl (C=O) groups is 2. The van der Waals surface area contributed by atoms with Crippen LogP contribution in [0.5, 0.6) is 0 Å². The van der Waals surface area contributed by atoms with E-state index in [1.54, 1.807) is 0 Å². The Labute approximate surface area is 208 Å². The quantitative estimate of drug-likeness (QED) is 0.415. The van der Waals surface area contributed by atoms with E-state index in [0.29, 0.717) is 16.5 Å². The molecule has 8 nitrogen and oxygen atoms in total. The van der Waals surface area contributed by atoms with Gasteiger partial charge in [-0.3, -0.25) is 4.79 Å². The van der Waals surface area contributed by atoms with Crippen LogP contribution in [0.1, 0.15) is 83.9 Å². The number of aryl methyl sites for hydroxylation is 1. The van der Waals surface area contributed by atoms with Crippen molar-refractivity contribution >= 4 is 40.0 Å². The van der Waals surface area contributed by atoms with Gasteiger partial charge in [-0.15, -0.1) is 21.5 Å². The van der Waals surface area contributed by atoms with E-state index in [1.807, 2.05) is 0 Å². The molecule has 0 spiro atoms. The largest absolute Gasteiger partial charge is 0.465 e. The van der Waals surface area contributed by atoms with Crippen molar-refractivity contribution in [2.24, 2.45) is 0 Å². The van der Waals surface area contributed by atoms with Crippen LogP contribution < -0.4 is 5.32 Å². The average molecular weight is 505 g/mol. The number of thioether (sulfide) groups is 1. The molecule has 1 saturated carbocycles. The Hall–Kier alpha value is -1.91. The zero-order valence-corrected chi connectivity index (χ0v) is 21.3. The number of carbonyl (C=O) groups excluding carboxylic acids is 2. The van der Waals surface area contributed by atoms with Gasteiger partial charge in [0.25, 0.3) is 0 Å². The third-order valence-corrected chi connectivity index (χ3v) is 8.92. The Bertz CT molecular complexity index is 1040. The Balaban J connectivity index is 1.29. The van der Waals surface area contributed by atoms with Gasteiger partial charge in [0.2, 0.25) is 5.91 Å². The third kappa shape index (κ3) is 5.33. The lowest BCUT2D eigenvalue weighted by molar-refractivity contribution is -0.113. The molecule has 2 aromatic rings. The van der Waals surface area contributed by atoms with Crippen LogP contribution in [0.25, 0.3) is 0 Å². The summed E-state index contributed by atoms with van der Waals surface area (Å²) in [6.45, 7) is 1.55. The van der Waals surface area contributed by atoms with Gasteiger partial charge in [-0.05, 0) is 56.9 Å². The van der Waals surface area contributed by atoms with E-state index < -0.39 is 0 Å². The maximum Gasteiger partial charge on any atom is 0.341 e. The molecule has 10 heteroatoms. The summed E-state index contributed by atoms with van der Waals surface area (Å²) in [7, 11) is 1.40. The van der Waals surface area contributed by atoms with Gasteiger partial charge < -0.3 is 19.4 Å². The van der Waals surface area contributed by atoms with Crippen molar-refractivity contribution in [3.8, 4) is 0 Å². The molecule has 1 saturated heterocycles. The summed E-state index contributed by atoms with van der Waals surface area (Å²) in [6.07, 6.45) is 11.0. The second-order valence-electron chi connectivity index (χ2n) is 9.31. The predicted molar refractivity (Wildman–Crippen MR) is 132 cm³/mol. The fraction of sp³-hybridized carbons (Fsp3) is 0.667. The number of anilines is 1. The molecule has 1 atom stereocenters. The second-order valence-corrected chi connectivity index (χ2v) is 11.4. The number of nitrogens with zero attached hydrogens (tertiary/aromatic N) is 3. The van der Waals surface area contributed by atoms with Crippen LogP contribution in [0.4, 0.5) is 5.00 Å². The van der Waals surface area contributed by atoms with Gasteiger partial charge >= 0.3 is 5.97 Å². The van der Waals surface area contributed by atoms with Crippen LogP contribution in [-0.4, -0.2) is 52.2 Å². The van der Waals surface area contributed by atoms with Gasteiger partial charge in [0, 0.05) is 17.4 Å². The monoisotopic (exact) mass is 504 g/mol. The first-order chi connectivity index (χ1) is 16.6. The zero-order chi connectivity index (χ0) is 23.5. The van der Waals surface area contributed by atoms with E-state index in [2.05, 4.69) is 20.1 Å². The van der Waals surface area contributed by atoms with E-state index in [0.717, 1.165) is 81.1 Å². The highest BCUT2D eigenvalue weighted by molar-refractivity contribution is 7.99. The van der Waals surface area contributed by atoms with E-state index in [4.69, 9.17) is 9.47 Å². The number of hydrogen-bond acceptors (Lipinski definition) is 8. The van der Waals surface area contributed by atoms with E-state index in [-0.39, 0.29) is 23.7 Å². The molecule has 1 N–H and O–H groups in total. The highest BCUT2D eigenvalue weighted by Gasteiger charge is 2.32. The normalized spacial score (nSPS) is 20.4. The highest BCUT2D eigenvalue weighted by Crippen LogP contribution is 2.41. The molecule has 3 aliphatic rings. The molecule has 34 heavy (non-hydrogen) atoms. The molecule has 0 radical (unpaired) electrons. The summed E-state index contributed by atoms with van der Waals surface area (Å²) < 4.78 is 13.1. The number of thiophene rings is 1. The van der Waals surface area contributed by atoms with E-state index in [1.165, 1.54) is 47.9 Å². The standard InChI is InChI=1S/C24H32N4O4S2/c1-31-23(30)20-17-8-4-2-3-5-9-18(17)34-22(20)25-19(29)14-33-24-27-26-21(15-10-11-15)28(24)13-16-7-6-12-32-16/h15-16H,2-14H2,1H3,(H,25,29). The summed E-state index contributed by atoms with van der Waals surface area (Å²) in [6, 6.07) is 0. The van der Waals surface area contributed by atoms with Crippen LogP contribution in [0.15, 0.2) is 5.16 Å². The number of nitrogens with one attached hydrogen (secondary N) is 1. The number of ether oxygens (including phenoxy) is 2. The molecular weight excluding hydrogens is 472 g/mol. The first-order valence-corrected chi connectivity index (χ1v) is 14.1. The van der Waals surface area contributed by atoms with Crippen molar-refractivity contribution in [3.63, 3.8) is 0 Å². The number of methoxy groups -OCH3 is 1. The van der Waals surface area contributed by atoms with E-state index >= 15 is 0 Å². The lowest BCUT2D eigenvalue weighted by atomic mass is 9.96. The zero-order valence-electron chi connectivity index (χ0n) is 19.6. The second kappa shape index (κ2) is 10.8. The van der Waals surface area contributed by atoms with Crippen LogP contribution in [0.2, 0.25) is 0 Å². The number of esters is 1. The van der Waals surface area contributed by atoms with Gasteiger partial charge in [-0.1, -0.05) is 24.6 Å². The molecule has 0 bridgehead atoms. The first-order valence-electron chi connectivity index (χ1n) is 12.3. The number of fused-ring (bicyclic) bond motifs is 1. The summed E-state index contributed by atoms with van der Waals surface area (Å²) in [4.78, 5) is 26.8. The third-order valence-electron chi connectivity index (χ3n) is 6.74. The predicted octanol–water partition coefficient (Wildman–Crippen LogP) is 4.57. The Kier molecular flexibility index (Phi) is 7.55. The average Bonchev–Trinajstić information content (AvgIpc) is 3.22. The molecule has 5 rings (SSSR count). The molecule has 1 unspecified atom stereocenters. The van der Waals surface area contributed by atoms with Crippen molar-refractivity contribution in [1.29, 1.82) is 0 Å². The lowest BCUT2D eigenvalue weighted by Crippen LogP contribution is -2.19. The molecule has 0 aromatic carbocycles. The summed E-state index contributed by atoms with van der Waals surface area (Å²) >= 11 is 2.92. The van der Waals surface area contributed by atoms with Crippen molar-refractivity contribution in [2.75, 3.05) is 24.8 Å². The minimum atomic E-state index is -0.369. The molecule has 1 amide bonds. The van der Waals surface area contributed by atoms with Crippen LogP contribution in [0.3, 0.4) is 0 Å². The van der Waals surface area contributed by atoms with Gasteiger partial charge in [0.1, 0.15) is 10.8 Å². The highest BCUT2D eigenvalue weighted by atomic mass is 32.2. The molecule has 2 aliphatic carbocycles. The topological polar surface area (TPSA) is 95.3 Å². The van der Waals surface area contributed by atoms with Crippen LogP contribution in [0, 0.1) is 0 Å². The minimum absolute atomic E-state index is 0.149. The maximum absolute atomic E-state index is 12.9. The Morgan fingerprint density at radius 3 is 2.71 bits per heavy atom. The maximum atomic E-state index is 12.9.